The predicted octanol–water partition coefficient (Wildman–Crippen LogP) is 5.46. The quantitative estimate of drug-likeness (QED) is 0.679. The van der Waals surface area contributed by atoms with E-state index in [1.165, 1.54) is 0 Å². The first-order valence-corrected chi connectivity index (χ1v) is 7.55. The molecule has 3 aromatic rings. The Morgan fingerprint density at radius 2 is 1.73 bits per heavy atom. The van der Waals surface area contributed by atoms with E-state index in [-0.39, 0.29) is 6.61 Å². The monoisotopic (exact) mass is 353 g/mol. The molecule has 6 heteroatoms. The summed E-state index contributed by atoms with van der Waals surface area (Å²) in [4.78, 5) is 0. The summed E-state index contributed by atoms with van der Waals surface area (Å²) < 4.78 is 5.41. The second-order valence-corrected chi connectivity index (χ2v) is 5.85. The van der Waals surface area contributed by atoms with Gasteiger partial charge in [0, 0.05) is 16.1 Å². The van der Waals surface area contributed by atoms with Gasteiger partial charge in [-0.15, -0.1) is 0 Å². The Kier molecular flexibility index (Phi) is 4.41. The summed E-state index contributed by atoms with van der Waals surface area (Å²) in [6, 6.07) is 12.3. The lowest BCUT2D eigenvalue weighted by Crippen LogP contribution is -1.90. The number of aliphatic hydroxyl groups is 1. The largest absolute Gasteiger partial charge is 0.391 e. The molecule has 3 rings (SSSR count). The van der Waals surface area contributed by atoms with Crippen molar-refractivity contribution in [2.75, 3.05) is 0 Å². The van der Waals surface area contributed by atoms with Gasteiger partial charge < -0.3 is 9.63 Å². The fourth-order valence-corrected chi connectivity index (χ4v) is 2.93. The summed E-state index contributed by atoms with van der Waals surface area (Å²) in [5.41, 5.74) is 2.32. The summed E-state index contributed by atoms with van der Waals surface area (Å²) in [5, 5.41) is 15.2. The van der Waals surface area contributed by atoms with Crippen LogP contribution in [0.1, 0.15) is 5.56 Å². The van der Waals surface area contributed by atoms with Gasteiger partial charge in [-0.3, -0.25) is 0 Å². The van der Waals surface area contributed by atoms with Crippen LogP contribution in [0, 0.1) is 0 Å². The number of hydrogen-bond acceptors (Lipinski definition) is 3. The molecule has 1 heterocycles. The van der Waals surface area contributed by atoms with Crippen molar-refractivity contribution in [1.29, 1.82) is 0 Å². The molecule has 0 atom stereocenters. The summed E-state index contributed by atoms with van der Waals surface area (Å²) in [5.74, 6) is 0.402. The zero-order chi connectivity index (χ0) is 15.7. The van der Waals surface area contributed by atoms with Gasteiger partial charge in [-0.25, -0.2) is 0 Å². The van der Waals surface area contributed by atoms with Crippen LogP contribution in [0.2, 0.25) is 15.1 Å². The summed E-state index contributed by atoms with van der Waals surface area (Å²) in [6.45, 7) is -0.252. The smallest absolute Gasteiger partial charge is 0.174 e. The van der Waals surface area contributed by atoms with Gasteiger partial charge in [-0.1, -0.05) is 58.2 Å². The maximum atomic E-state index is 9.73. The average Bonchev–Trinajstić information content (AvgIpc) is 2.91. The molecule has 1 aromatic heterocycles. The second-order valence-electron chi connectivity index (χ2n) is 4.60. The zero-order valence-corrected chi connectivity index (χ0v) is 13.5. The number of nitrogens with zero attached hydrogens (tertiary/aromatic N) is 1. The molecule has 0 unspecified atom stereocenters. The topological polar surface area (TPSA) is 46.3 Å². The molecule has 0 aliphatic carbocycles. The van der Waals surface area contributed by atoms with E-state index in [2.05, 4.69) is 5.16 Å². The van der Waals surface area contributed by atoms with Crippen LogP contribution in [0.3, 0.4) is 0 Å². The Bertz CT molecular complexity index is 830. The molecule has 1 N–H and O–H groups in total. The molecule has 0 spiro atoms. The van der Waals surface area contributed by atoms with E-state index in [1.54, 1.807) is 24.3 Å². The van der Waals surface area contributed by atoms with Crippen LogP contribution in [-0.4, -0.2) is 10.3 Å². The third-order valence-corrected chi connectivity index (χ3v) is 4.13. The molecule has 0 saturated heterocycles. The molecule has 0 radical (unpaired) electrons. The third-order valence-electron chi connectivity index (χ3n) is 3.25. The van der Waals surface area contributed by atoms with Crippen molar-refractivity contribution in [3.8, 4) is 22.6 Å². The first kappa shape index (κ1) is 15.4. The van der Waals surface area contributed by atoms with E-state index >= 15 is 0 Å². The first-order chi connectivity index (χ1) is 10.6. The molecule has 0 saturated carbocycles. The normalized spacial score (nSPS) is 10.9. The molecule has 0 fully saturated rings. The van der Waals surface area contributed by atoms with Gasteiger partial charge in [-0.2, -0.15) is 0 Å². The van der Waals surface area contributed by atoms with E-state index < -0.39 is 0 Å². The van der Waals surface area contributed by atoms with Crippen molar-refractivity contribution in [3.63, 3.8) is 0 Å². The molecule has 3 nitrogen and oxygen atoms in total. The van der Waals surface area contributed by atoms with Gasteiger partial charge >= 0.3 is 0 Å². The van der Waals surface area contributed by atoms with Crippen LogP contribution in [-0.2, 0) is 6.61 Å². The lowest BCUT2D eigenvalue weighted by Gasteiger charge is -2.04. The predicted molar refractivity (Wildman–Crippen MR) is 88.3 cm³/mol. The highest BCUT2D eigenvalue weighted by Gasteiger charge is 2.21. The zero-order valence-electron chi connectivity index (χ0n) is 11.2. The Labute approximate surface area is 142 Å². The van der Waals surface area contributed by atoms with Crippen LogP contribution < -0.4 is 0 Å². The lowest BCUT2D eigenvalue weighted by molar-refractivity contribution is 0.281. The van der Waals surface area contributed by atoms with E-state index in [1.807, 2.05) is 18.2 Å². The van der Waals surface area contributed by atoms with Crippen LogP contribution in [0.4, 0.5) is 0 Å². The number of benzene rings is 2. The van der Waals surface area contributed by atoms with Gasteiger partial charge in [0.05, 0.1) is 22.2 Å². The molecular formula is C16H10Cl3NO2. The minimum Gasteiger partial charge on any atom is -0.391 e. The molecule has 22 heavy (non-hydrogen) atoms. The van der Waals surface area contributed by atoms with Crippen LogP contribution >= 0.6 is 34.8 Å². The van der Waals surface area contributed by atoms with Crippen molar-refractivity contribution >= 4 is 34.8 Å². The molecule has 0 aliphatic heterocycles. The highest BCUT2D eigenvalue weighted by Crippen LogP contribution is 2.38. The lowest BCUT2D eigenvalue weighted by atomic mass is 10.0. The van der Waals surface area contributed by atoms with Gasteiger partial charge in [-0.05, 0) is 24.3 Å². The Morgan fingerprint density at radius 3 is 2.41 bits per heavy atom. The number of hydrogen-bond donors (Lipinski definition) is 1. The molecule has 0 amide bonds. The van der Waals surface area contributed by atoms with Crippen LogP contribution in [0.25, 0.3) is 22.6 Å². The van der Waals surface area contributed by atoms with Crippen molar-refractivity contribution in [2.45, 2.75) is 6.61 Å². The summed E-state index contributed by atoms with van der Waals surface area (Å²) in [6.07, 6.45) is 0. The van der Waals surface area contributed by atoms with E-state index in [9.17, 15) is 5.11 Å². The average molecular weight is 355 g/mol. The molecular weight excluding hydrogens is 345 g/mol. The highest BCUT2D eigenvalue weighted by atomic mass is 35.5. The Hall–Kier alpha value is -1.52. The van der Waals surface area contributed by atoms with Crippen molar-refractivity contribution in [1.82, 2.24) is 5.16 Å². The molecule has 112 valence electrons. The standard InChI is InChI=1S/C16H10Cl3NO2/c17-9-5-6-11(14(19)7-9)16-12(8-21)15(20-22-16)10-3-1-2-4-13(10)18/h1-7,21H,8H2. The summed E-state index contributed by atoms with van der Waals surface area (Å²) in [7, 11) is 0. The number of rotatable bonds is 3. The summed E-state index contributed by atoms with van der Waals surface area (Å²) >= 11 is 18.3. The second kappa shape index (κ2) is 6.31. The highest BCUT2D eigenvalue weighted by molar-refractivity contribution is 6.36. The van der Waals surface area contributed by atoms with Crippen LogP contribution in [0.15, 0.2) is 47.0 Å². The van der Waals surface area contributed by atoms with Crippen LogP contribution in [0.5, 0.6) is 0 Å². The van der Waals surface area contributed by atoms with Gasteiger partial charge in [0.25, 0.3) is 0 Å². The maximum absolute atomic E-state index is 9.73. The maximum Gasteiger partial charge on any atom is 0.174 e. The number of aliphatic hydroxyl groups excluding tert-OH is 1. The Balaban J connectivity index is 2.18. The molecule has 0 aliphatic rings. The third kappa shape index (κ3) is 2.73. The van der Waals surface area contributed by atoms with Gasteiger partial charge in [0.15, 0.2) is 5.76 Å². The Morgan fingerprint density at radius 1 is 0.955 bits per heavy atom. The SMILES string of the molecule is OCc1c(-c2ccccc2Cl)noc1-c1ccc(Cl)cc1Cl. The number of aromatic nitrogens is 1. The van der Waals surface area contributed by atoms with E-state index in [0.717, 1.165) is 0 Å². The molecule has 0 bridgehead atoms. The minimum atomic E-state index is -0.252. The first-order valence-electron chi connectivity index (χ1n) is 6.41. The van der Waals surface area contributed by atoms with Crippen molar-refractivity contribution < 1.29 is 9.63 Å². The van der Waals surface area contributed by atoms with E-state index in [0.29, 0.717) is 43.2 Å². The van der Waals surface area contributed by atoms with Gasteiger partial charge in [0.1, 0.15) is 5.69 Å². The number of halogens is 3. The molecule has 2 aromatic carbocycles. The van der Waals surface area contributed by atoms with Gasteiger partial charge in [0.2, 0.25) is 0 Å². The minimum absolute atomic E-state index is 0.252. The van der Waals surface area contributed by atoms with Crippen molar-refractivity contribution in [3.05, 3.63) is 63.1 Å². The fraction of sp³-hybridized carbons (Fsp3) is 0.0625. The fourth-order valence-electron chi connectivity index (χ4n) is 2.21. The van der Waals surface area contributed by atoms with Crippen molar-refractivity contribution in [2.24, 2.45) is 0 Å². The van der Waals surface area contributed by atoms with E-state index in [4.69, 9.17) is 39.3 Å².